The molecule has 3 aromatic carbocycles. The van der Waals surface area contributed by atoms with Gasteiger partial charge in [0, 0.05) is 6.42 Å². The van der Waals surface area contributed by atoms with Gasteiger partial charge in [-0.2, -0.15) is 0 Å². The lowest BCUT2D eigenvalue weighted by atomic mass is 10.1. The Morgan fingerprint density at radius 3 is 2.48 bits per heavy atom. The maximum absolute atomic E-state index is 10.9. The molecular formula is C27H26O4. The molecule has 0 saturated carbocycles. The Morgan fingerprint density at radius 2 is 1.77 bits per heavy atom. The zero-order chi connectivity index (χ0) is 22.1. The molecule has 0 heterocycles. The first kappa shape index (κ1) is 21.9. The van der Waals surface area contributed by atoms with Crippen LogP contribution in [0.5, 0.6) is 17.2 Å². The molecule has 4 nitrogen and oxygen atoms in total. The normalized spacial score (nSPS) is 11.1. The highest BCUT2D eigenvalue weighted by atomic mass is 16.5. The molecule has 0 spiro atoms. The van der Waals surface area contributed by atoms with Gasteiger partial charge in [-0.05, 0) is 65.9 Å². The number of ether oxygens (including phenoxy) is 2. The third-order valence-electron chi connectivity index (χ3n) is 4.83. The smallest absolute Gasteiger partial charge is 0.303 e. The quantitative estimate of drug-likeness (QED) is 0.377. The van der Waals surface area contributed by atoms with E-state index in [0.717, 1.165) is 33.8 Å². The van der Waals surface area contributed by atoms with Crippen molar-refractivity contribution in [3.63, 3.8) is 0 Å². The zero-order valence-corrected chi connectivity index (χ0v) is 17.6. The highest BCUT2D eigenvalue weighted by Crippen LogP contribution is 2.26. The number of allylic oxidation sites excluding steroid dienone is 3. The fourth-order valence-electron chi connectivity index (χ4n) is 3.21. The van der Waals surface area contributed by atoms with Gasteiger partial charge in [-0.1, -0.05) is 61.2 Å². The molecular weight excluding hydrogens is 388 g/mol. The summed E-state index contributed by atoms with van der Waals surface area (Å²) in [4.78, 5) is 10.9. The van der Waals surface area contributed by atoms with Crippen molar-refractivity contribution >= 4 is 11.5 Å². The predicted molar refractivity (Wildman–Crippen MR) is 124 cm³/mol. The van der Waals surface area contributed by atoms with Crippen LogP contribution in [0.2, 0.25) is 0 Å². The van der Waals surface area contributed by atoms with Gasteiger partial charge in [-0.15, -0.1) is 0 Å². The minimum atomic E-state index is -0.820. The number of benzene rings is 3. The molecule has 0 radical (unpaired) electrons. The van der Waals surface area contributed by atoms with Crippen LogP contribution in [-0.2, 0) is 17.8 Å². The van der Waals surface area contributed by atoms with Crippen LogP contribution in [0, 0.1) is 0 Å². The molecule has 0 aliphatic rings. The number of carboxylic acids is 1. The molecule has 0 aromatic heterocycles. The van der Waals surface area contributed by atoms with E-state index in [0.29, 0.717) is 18.8 Å². The molecule has 0 fully saturated rings. The molecule has 158 valence electrons. The summed E-state index contributed by atoms with van der Waals surface area (Å²) in [6, 6.07) is 23.1. The maximum Gasteiger partial charge on any atom is 0.303 e. The molecule has 4 heteroatoms. The predicted octanol–water partition coefficient (Wildman–Crippen LogP) is 6.66. The summed E-state index contributed by atoms with van der Waals surface area (Å²) in [5, 5.41) is 8.93. The second-order valence-corrected chi connectivity index (χ2v) is 7.01. The van der Waals surface area contributed by atoms with Crippen molar-refractivity contribution in [1.82, 2.24) is 0 Å². The SMILES string of the molecule is C=C/C(=C\C)c1ccc(Oc2cccc(COc3ccccc3CCC(=O)O)c2)cc1. The summed E-state index contributed by atoms with van der Waals surface area (Å²) >= 11 is 0. The van der Waals surface area contributed by atoms with Crippen molar-refractivity contribution in [2.75, 3.05) is 0 Å². The molecule has 0 aliphatic heterocycles. The second kappa shape index (κ2) is 10.8. The van der Waals surface area contributed by atoms with Gasteiger partial charge in [0.05, 0.1) is 0 Å². The number of rotatable bonds is 10. The van der Waals surface area contributed by atoms with Crippen LogP contribution < -0.4 is 9.47 Å². The molecule has 0 unspecified atom stereocenters. The number of hydrogen-bond acceptors (Lipinski definition) is 3. The summed E-state index contributed by atoms with van der Waals surface area (Å²) in [6.45, 7) is 6.18. The van der Waals surface area contributed by atoms with Crippen LogP contribution >= 0.6 is 0 Å². The van der Waals surface area contributed by atoms with Crippen molar-refractivity contribution < 1.29 is 19.4 Å². The zero-order valence-electron chi connectivity index (χ0n) is 17.6. The molecule has 0 atom stereocenters. The lowest BCUT2D eigenvalue weighted by Gasteiger charge is -2.12. The van der Waals surface area contributed by atoms with Gasteiger partial charge in [0.2, 0.25) is 0 Å². The minimum Gasteiger partial charge on any atom is -0.489 e. The average Bonchev–Trinajstić information content (AvgIpc) is 2.79. The fourth-order valence-corrected chi connectivity index (χ4v) is 3.21. The Bertz CT molecular complexity index is 1060. The summed E-state index contributed by atoms with van der Waals surface area (Å²) in [7, 11) is 0. The monoisotopic (exact) mass is 414 g/mol. The van der Waals surface area contributed by atoms with Crippen LogP contribution in [0.3, 0.4) is 0 Å². The number of para-hydroxylation sites is 1. The topological polar surface area (TPSA) is 55.8 Å². The Morgan fingerprint density at radius 1 is 1.00 bits per heavy atom. The van der Waals surface area contributed by atoms with Crippen molar-refractivity contribution in [2.45, 2.75) is 26.4 Å². The highest BCUT2D eigenvalue weighted by molar-refractivity contribution is 5.73. The third-order valence-corrected chi connectivity index (χ3v) is 4.83. The van der Waals surface area contributed by atoms with E-state index < -0.39 is 5.97 Å². The molecule has 0 aliphatic carbocycles. The first-order valence-electron chi connectivity index (χ1n) is 10.2. The lowest BCUT2D eigenvalue weighted by molar-refractivity contribution is -0.136. The second-order valence-electron chi connectivity index (χ2n) is 7.01. The summed E-state index contributed by atoms with van der Waals surface area (Å²) in [5.74, 6) is 1.36. The van der Waals surface area contributed by atoms with E-state index in [1.54, 1.807) is 0 Å². The van der Waals surface area contributed by atoms with Gasteiger partial charge in [-0.3, -0.25) is 4.79 Å². The number of aliphatic carboxylic acids is 1. The number of hydrogen-bond donors (Lipinski definition) is 1. The Labute approximate surface area is 183 Å². The van der Waals surface area contributed by atoms with E-state index >= 15 is 0 Å². The van der Waals surface area contributed by atoms with Crippen LogP contribution in [0.15, 0.2) is 91.5 Å². The summed E-state index contributed by atoms with van der Waals surface area (Å²) in [5.41, 5.74) is 4.02. The van der Waals surface area contributed by atoms with E-state index in [1.165, 1.54) is 0 Å². The van der Waals surface area contributed by atoms with Crippen molar-refractivity contribution in [3.05, 3.63) is 108 Å². The van der Waals surface area contributed by atoms with Crippen molar-refractivity contribution in [3.8, 4) is 17.2 Å². The molecule has 31 heavy (non-hydrogen) atoms. The van der Waals surface area contributed by atoms with Crippen LogP contribution in [-0.4, -0.2) is 11.1 Å². The van der Waals surface area contributed by atoms with Crippen LogP contribution in [0.1, 0.15) is 30.0 Å². The Kier molecular flexibility index (Phi) is 7.66. The van der Waals surface area contributed by atoms with Crippen LogP contribution in [0.4, 0.5) is 0 Å². The van der Waals surface area contributed by atoms with Crippen molar-refractivity contribution in [2.24, 2.45) is 0 Å². The molecule has 0 amide bonds. The van der Waals surface area contributed by atoms with Crippen molar-refractivity contribution in [1.29, 1.82) is 0 Å². The Hall–Kier alpha value is -3.79. The molecule has 0 saturated heterocycles. The highest BCUT2D eigenvalue weighted by Gasteiger charge is 2.07. The largest absolute Gasteiger partial charge is 0.489 e. The van der Waals surface area contributed by atoms with Gasteiger partial charge in [0.1, 0.15) is 23.9 Å². The maximum atomic E-state index is 10.9. The van der Waals surface area contributed by atoms with Gasteiger partial charge >= 0.3 is 5.97 Å². The summed E-state index contributed by atoms with van der Waals surface area (Å²) in [6.07, 6.45) is 4.36. The average molecular weight is 415 g/mol. The fraction of sp³-hybridized carbons (Fsp3) is 0.148. The van der Waals surface area contributed by atoms with Crippen LogP contribution in [0.25, 0.3) is 5.57 Å². The van der Waals surface area contributed by atoms with Gasteiger partial charge in [-0.25, -0.2) is 0 Å². The number of carboxylic acid groups (broad SMARTS) is 1. The number of carbonyl (C=O) groups is 1. The number of aryl methyl sites for hydroxylation is 1. The van der Waals surface area contributed by atoms with E-state index in [1.807, 2.05) is 91.9 Å². The van der Waals surface area contributed by atoms with E-state index in [2.05, 4.69) is 6.58 Å². The summed E-state index contributed by atoms with van der Waals surface area (Å²) < 4.78 is 12.0. The molecule has 1 N–H and O–H groups in total. The third kappa shape index (κ3) is 6.34. The van der Waals surface area contributed by atoms with Gasteiger partial charge in [0.25, 0.3) is 0 Å². The molecule has 3 aromatic rings. The Balaban J connectivity index is 1.65. The van der Waals surface area contributed by atoms with E-state index in [9.17, 15) is 4.79 Å². The first-order chi connectivity index (χ1) is 15.1. The van der Waals surface area contributed by atoms with E-state index in [4.69, 9.17) is 14.6 Å². The lowest BCUT2D eigenvalue weighted by Crippen LogP contribution is -2.02. The molecule has 0 bridgehead atoms. The first-order valence-corrected chi connectivity index (χ1v) is 10.2. The molecule has 3 rings (SSSR count). The standard InChI is InChI=1S/C27H26O4/c1-3-21(4-2)22-12-15-24(16-13-22)31-25-10-7-8-20(18-25)19-30-26-11-6-5-9-23(26)14-17-27(28)29/h3-13,15-16,18H,1,14,17,19H2,2H3,(H,28,29)/b21-4+. The van der Waals surface area contributed by atoms with Gasteiger partial charge < -0.3 is 14.6 Å². The van der Waals surface area contributed by atoms with E-state index in [-0.39, 0.29) is 6.42 Å². The van der Waals surface area contributed by atoms with Gasteiger partial charge in [0.15, 0.2) is 0 Å². The minimum absolute atomic E-state index is 0.0742.